The minimum absolute atomic E-state index is 0.0161. The van der Waals surface area contributed by atoms with E-state index in [9.17, 15) is 18.0 Å². The zero-order valence-corrected chi connectivity index (χ0v) is 11.1. The lowest BCUT2D eigenvalue weighted by molar-refractivity contribution is -0.136. The lowest BCUT2D eigenvalue weighted by atomic mass is 9.99. The van der Waals surface area contributed by atoms with Crippen molar-refractivity contribution < 1.29 is 13.2 Å². The summed E-state index contributed by atoms with van der Waals surface area (Å²) in [6.07, 6.45) is -1.94. The van der Waals surface area contributed by atoms with Crippen molar-refractivity contribution in [1.82, 2.24) is 4.98 Å². The molecule has 20 heavy (non-hydrogen) atoms. The molecule has 1 heterocycles. The second-order valence-electron chi connectivity index (χ2n) is 4.47. The molecule has 0 atom stereocenters. The van der Waals surface area contributed by atoms with Crippen LogP contribution in [0.2, 0.25) is 0 Å². The first-order valence-electron chi connectivity index (χ1n) is 6.26. The molecule has 0 aliphatic heterocycles. The van der Waals surface area contributed by atoms with Crippen LogP contribution in [-0.4, -0.2) is 4.98 Å². The molecule has 5 heteroatoms. The summed E-state index contributed by atoms with van der Waals surface area (Å²) in [7, 11) is 0. The Kier molecular flexibility index (Phi) is 3.70. The number of hydrogen-bond acceptors (Lipinski definition) is 1. The number of pyridine rings is 1. The van der Waals surface area contributed by atoms with E-state index in [4.69, 9.17) is 0 Å². The molecule has 0 bridgehead atoms. The summed E-state index contributed by atoms with van der Waals surface area (Å²) < 4.78 is 39.1. The Morgan fingerprint density at radius 3 is 2.55 bits per heavy atom. The molecule has 2 aromatic rings. The molecular formula is C15H14F3NO. The zero-order valence-electron chi connectivity index (χ0n) is 11.1. The molecule has 1 N–H and O–H groups in total. The van der Waals surface area contributed by atoms with Crippen LogP contribution in [0, 0.1) is 0 Å². The molecule has 0 saturated heterocycles. The summed E-state index contributed by atoms with van der Waals surface area (Å²) >= 11 is 0. The van der Waals surface area contributed by atoms with Crippen molar-refractivity contribution in [2.24, 2.45) is 0 Å². The largest absolute Gasteiger partial charge is 0.417 e. The van der Waals surface area contributed by atoms with Gasteiger partial charge in [-0.05, 0) is 36.6 Å². The molecule has 0 unspecified atom stereocenters. The van der Waals surface area contributed by atoms with Gasteiger partial charge in [0.05, 0.1) is 5.56 Å². The van der Waals surface area contributed by atoms with Gasteiger partial charge >= 0.3 is 6.18 Å². The van der Waals surface area contributed by atoms with Gasteiger partial charge in [-0.2, -0.15) is 13.2 Å². The predicted octanol–water partition coefficient (Wildman–Crippen LogP) is 4.36. The molecule has 0 saturated carbocycles. The zero-order chi connectivity index (χ0) is 14.9. The van der Waals surface area contributed by atoms with Crippen LogP contribution in [0.5, 0.6) is 0 Å². The fourth-order valence-electron chi connectivity index (χ4n) is 2.26. The summed E-state index contributed by atoms with van der Waals surface area (Å²) in [5, 5.41) is 0.0161. The van der Waals surface area contributed by atoms with Crippen LogP contribution in [0.1, 0.15) is 31.4 Å². The highest BCUT2D eigenvalue weighted by molar-refractivity contribution is 5.86. The summed E-state index contributed by atoms with van der Waals surface area (Å²) in [6, 6.07) is 5.32. The smallest absolute Gasteiger partial charge is 0.322 e. The highest BCUT2D eigenvalue weighted by Crippen LogP contribution is 2.34. The van der Waals surface area contributed by atoms with Gasteiger partial charge in [0.1, 0.15) is 0 Å². The lowest BCUT2D eigenvalue weighted by Crippen LogP contribution is -2.14. The number of rotatable bonds is 2. The van der Waals surface area contributed by atoms with E-state index in [-0.39, 0.29) is 10.9 Å². The predicted molar refractivity (Wildman–Crippen MR) is 73.5 cm³/mol. The fraction of sp³-hybridized carbons (Fsp3) is 0.267. The lowest BCUT2D eigenvalue weighted by Gasteiger charge is -2.12. The number of alkyl halides is 3. The van der Waals surface area contributed by atoms with Crippen molar-refractivity contribution >= 4 is 16.5 Å². The first kappa shape index (κ1) is 14.4. The quantitative estimate of drug-likeness (QED) is 0.871. The number of nitrogens with one attached hydrogen (secondary N) is 1. The van der Waals surface area contributed by atoms with E-state index in [1.165, 1.54) is 12.1 Å². The van der Waals surface area contributed by atoms with Crippen LogP contribution >= 0.6 is 0 Å². The number of allylic oxidation sites excluding steroid dienone is 2. The van der Waals surface area contributed by atoms with Crippen LogP contribution in [0.15, 0.2) is 35.1 Å². The van der Waals surface area contributed by atoms with Crippen molar-refractivity contribution in [3.8, 4) is 0 Å². The highest BCUT2D eigenvalue weighted by atomic mass is 19.4. The minimum atomic E-state index is -4.55. The number of aromatic nitrogens is 1. The normalized spacial score (nSPS) is 12.9. The van der Waals surface area contributed by atoms with Gasteiger partial charge in [0.15, 0.2) is 0 Å². The summed E-state index contributed by atoms with van der Waals surface area (Å²) in [5.41, 5.74) is 0.246. The highest BCUT2D eigenvalue weighted by Gasteiger charge is 2.33. The molecule has 0 spiro atoms. The average Bonchev–Trinajstić information content (AvgIpc) is 2.38. The monoisotopic (exact) mass is 281 g/mol. The number of H-pyrrole nitrogens is 1. The van der Waals surface area contributed by atoms with Crippen LogP contribution in [0.3, 0.4) is 0 Å². The van der Waals surface area contributed by atoms with E-state index in [1.54, 1.807) is 6.07 Å². The molecule has 0 fully saturated rings. The third-order valence-corrected chi connectivity index (χ3v) is 3.25. The number of hydrogen-bond donors (Lipinski definition) is 1. The third kappa shape index (κ3) is 2.61. The first-order valence-corrected chi connectivity index (χ1v) is 6.26. The Morgan fingerprint density at radius 1 is 1.30 bits per heavy atom. The van der Waals surface area contributed by atoms with E-state index in [0.29, 0.717) is 6.07 Å². The summed E-state index contributed by atoms with van der Waals surface area (Å²) in [4.78, 5) is 13.7. The number of benzene rings is 1. The second-order valence-corrected chi connectivity index (χ2v) is 4.47. The third-order valence-electron chi connectivity index (χ3n) is 3.25. The van der Waals surface area contributed by atoms with Gasteiger partial charge in [0, 0.05) is 17.0 Å². The number of halogens is 3. The molecule has 2 nitrogen and oxygen atoms in total. The molecule has 0 aliphatic carbocycles. The molecule has 1 aromatic heterocycles. The van der Waals surface area contributed by atoms with Crippen molar-refractivity contribution in [2.45, 2.75) is 26.4 Å². The summed E-state index contributed by atoms with van der Waals surface area (Å²) in [6.45, 7) is 3.79. The van der Waals surface area contributed by atoms with Gasteiger partial charge in [-0.15, -0.1) is 0 Å². The molecule has 0 radical (unpaired) electrons. The summed E-state index contributed by atoms with van der Waals surface area (Å²) in [5.74, 6) is 0. The van der Waals surface area contributed by atoms with Gasteiger partial charge in [-0.1, -0.05) is 19.1 Å². The van der Waals surface area contributed by atoms with Crippen LogP contribution < -0.4 is 5.56 Å². The average molecular weight is 281 g/mol. The molecule has 1 aromatic carbocycles. The Morgan fingerprint density at radius 2 is 2.00 bits per heavy atom. The molecule has 106 valence electrons. The maximum Gasteiger partial charge on any atom is 0.417 e. The van der Waals surface area contributed by atoms with E-state index in [0.717, 1.165) is 17.6 Å². The van der Waals surface area contributed by atoms with Crippen molar-refractivity contribution in [2.75, 3.05) is 0 Å². The van der Waals surface area contributed by atoms with Gasteiger partial charge < -0.3 is 4.98 Å². The maximum atomic E-state index is 13.0. The molecule has 2 rings (SSSR count). The van der Waals surface area contributed by atoms with Crippen molar-refractivity contribution in [3.05, 3.63) is 51.8 Å². The Balaban J connectivity index is 2.79. The van der Waals surface area contributed by atoms with Gasteiger partial charge in [-0.25, -0.2) is 0 Å². The van der Waals surface area contributed by atoms with E-state index >= 15 is 0 Å². The molecule has 0 amide bonds. The van der Waals surface area contributed by atoms with E-state index in [1.807, 2.05) is 19.9 Å². The van der Waals surface area contributed by atoms with E-state index < -0.39 is 17.3 Å². The van der Waals surface area contributed by atoms with Gasteiger partial charge in [-0.3, -0.25) is 4.79 Å². The van der Waals surface area contributed by atoms with Crippen LogP contribution in [0.25, 0.3) is 16.5 Å². The van der Waals surface area contributed by atoms with Crippen LogP contribution in [0.4, 0.5) is 13.2 Å². The topological polar surface area (TPSA) is 32.9 Å². The second kappa shape index (κ2) is 5.15. The first-order chi connectivity index (χ1) is 9.36. The molecule has 0 aliphatic rings. The van der Waals surface area contributed by atoms with Crippen molar-refractivity contribution in [3.63, 3.8) is 0 Å². The Bertz CT molecular complexity index is 726. The standard InChI is InChI=1S/C15H14F3NO/c1-3-9(4-2)10-5-6-13-11(7-10)12(15(16,17)18)8-14(20)19-13/h3,5-8H,4H2,1-2H3,(H,19,20)/b9-3-. The maximum absolute atomic E-state index is 13.0. The SMILES string of the molecule is C/C=C(/CC)c1ccc2[nH]c(=O)cc(C(F)(F)F)c2c1. The molecular weight excluding hydrogens is 267 g/mol. The number of fused-ring (bicyclic) bond motifs is 1. The van der Waals surface area contributed by atoms with Crippen molar-refractivity contribution in [1.29, 1.82) is 0 Å². The van der Waals surface area contributed by atoms with Gasteiger partial charge in [0.25, 0.3) is 0 Å². The Labute approximate surface area is 113 Å². The van der Waals surface area contributed by atoms with E-state index in [2.05, 4.69) is 4.98 Å². The Hall–Kier alpha value is -2.04. The fourth-order valence-corrected chi connectivity index (χ4v) is 2.26. The van der Waals surface area contributed by atoms with Crippen LogP contribution in [-0.2, 0) is 6.18 Å². The van der Waals surface area contributed by atoms with Gasteiger partial charge in [0.2, 0.25) is 5.56 Å². The number of aromatic amines is 1. The minimum Gasteiger partial charge on any atom is -0.322 e.